The van der Waals surface area contributed by atoms with Crippen molar-refractivity contribution < 1.29 is 48.1 Å². The van der Waals surface area contributed by atoms with Crippen LogP contribution in [0.2, 0.25) is 0 Å². The van der Waals surface area contributed by atoms with Gasteiger partial charge in [-0.25, -0.2) is 9.59 Å². The van der Waals surface area contributed by atoms with Gasteiger partial charge in [0.1, 0.15) is 41.4 Å². The Morgan fingerprint density at radius 3 is 1.70 bits per heavy atom. The lowest BCUT2D eigenvalue weighted by Crippen LogP contribution is -2.60. The molecule has 2 aromatic carbocycles. The number of ether oxygens (including phenoxy) is 2. The van der Waals surface area contributed by atoms with Gasteiger partial charge in [0.15, 0.2) is 0 Å². The number of alkyl carbamates (subject to hydrolysis) is 2. The van der Waals surface area contributed by atoms with E-state index in [1.165, 1.54) is 0 Å². The summed E-state index contributed by atoms with van der Waals surface area (Å²) in [5, 5.41) is 24.0. The topological polar surface area (TPSA) is 225 Å². The molecule has 2 saturated heterocycles. The molecule has 1 spiro atoms. The van der Waals surface area contributed by atoms with Crippen LogP contribution in [0.5, 0.6) is 0 Å². The van der Waals surface area contributed by atoms with E-state index in [1.807, 2.05) is 74.5 Å². The number of nitrogens with zero attached hydrogens (tertiary/aromatic N) is 2. The Morgan fingerprint density at radius 1 is 0.671 bits per heavy atom. The normalized spacial score (nSPS) is 18.9. The second kappa shape index (κ2) is 24.9. The van der Waals surface area contributed by atoms with Crippen molar-refractivity contribution in [2.75, 3.05) is 26.2 Å². The van der Waals surface area contributed by atoms with Crippen molar-refractivity contribution in [3.63, 3.8) is 0 Å². The van der Waals surface area contributed by atoms with E-state index in [4.69, 9.17) is 9.47 Å². The number of carboxylic acid groups (broad SMARTS) is 1. The zero-order valence-corrected chi connectivity index (χ0v) is 42.6. The van der Waals surface area contributed by atoms with E-state index in [0.717, 1.165) is 49.8 Å². The standard InChI is InChI=1S/C53H79N7O10/c1-35(2)30-40(56-45(62)41(31-36-18-11-9-12-19-36)57-46(63)42(32-37-20-13-10-14-21-37)58-50(68)70-52(6,7)8)44(61)55-39(22-15-16-26-54-49(67)69-51(3,4)5)47(64)59-28-24-53(25-29-59)33-38(34-53)60-27-17-23-43(60)48(65)66/h9-14,18-21,35,38-43H,15-17,22-34H2,1-8H3,(H,54,67)(H,55,61)(H,56,62)(H,57,63)(H,58,68)(H,65,66)/t39-,40?,41-,42-,43-/m1/s1. The molecule has 5 atom stereocenters. The summed E-state index contributed by atoms with van der Waals surface area (Å²) in [7, 11) is 0. The van der Waals surface area contributed by atoms with Gasteiger partial charge in [-0.15, -0.1) is 0 Å². The van der Waals surface area contributed by atoms with Gasteiger partial charge >= 0.3 is 18.2 Å². The number of rotatable bonds is 21. The third-order valence-electron chi connectivity index (χ3n) is 13.3. The molecule has 386 valence electrons. The van der Waals surface area contributed by atoms with Crippen molar-refractivity contribution >= 4 is 41.8 Å². The maximum absolute atomic E-state index is 14.5. The Morgan fingerprint density at radius 2 is 1.17 bits per heavy atom. The smallest absolute Gasteiger partial charge is 0.408 e. The molecule has 1 unspecified atom stereocenters. The number of carbonyl (C=O) groups is 7. The zero-order valence-electron chi connectivity index (χ0n) is 42.6. The average molecular weight is 974 g/mol. The molecule has 1 saturated carbocycles. The summed E-state index contributed by atoms with van der Waals surface area (Å²) in [6, 6.07) is 13.8. The zero-order chi connectivity index (χ0) is 51.2. The molecule has 17 heteroatoms. The van der Waals surface area contributed by atoms with Crippen LogP contribution < -0.4 is 26.6 Å². The van der Waals surface area contributed by atoms with Gasteiger partial charge in [-0.3, -0.25) is 28.9 Å². The molecule has 17 nitrogen and oxygen atoms in total. The summed E-state index contributed by atoms with van der Waals surface area (Å²) in [5.41, 5.74) is 0.0787. The molecule has 3 fully saturated rings. The first-order chi connectivity index (χ1) is 33.0. The quantitative estimate of drug-likeness (QED) is 0.0811. The molecule has 2 heterocycles. The van der Waals surface area contributed by atoms with E-state index in [9.17, 15) is 38.7 Å². The van der Waals surface area contributed by atoms with Crippen molar-refractivity contribution in [2.45, 2.75) is 180 Å². The van der Waals surface area contributed by atoms with Crippen molar-refractivity contribution in [3.05, 3.63) is 71.8 Å². The molecule has 6 amide bonds. The van der Waals surface area contributed by atoms with E-state index < -0.39 is 77.3 Å². The van der Waals surface area contributed by atoms with E-state index in [2.05, 4.69) is 31.5 Å². The first-order valence-electron chi connectivity index (χ1n) is 25.2. The number of benzene rings is 2. The van der Waals surface area contributed by atoms with Gasteiger partial charge in [0.25, 0.3) is 0 Å². The van der Waals surface area contributed by atoms with Crippen molar-refractivity contribution in [2.24, 2.45) is 11.3 Å². The van der Waals surface area contributed by atoms with Crippen LogP contribution in [-0.2, 0) is 46.3 Å². The number of aliphatic carboxylic acids is 1. The van der Waals surface area contributed by atoms with Gasteiger partial charge in [0.2, 0.25) is 23.6 Å². The largest absolute Gasteiger partial charge is 0.480 e. The maximum Gasteiger partial charge on any atom is 0.408 e. The van der Waals surface area contributed by atoms with Crippen LogP contribution in [0.1, 0.15) is 131 Å². The van der Waals surface area contributed by atoms with Crippen molar-refractivity contribution in [3.8, 4) is 0 Å². The molecular formula is C53H79N7O10. The van der Waals surface area contributed by atoms with Gasteiger partial charge in [0.05, 0.1) is 0 Å². The van der Waals surface area contributed by atoms with Gasteiger partial charge in [0, 0.05) is 38.5 Å². The van der Waals surface area contributed by atoms with Crippen LogP contribution >= 0.6 is 0 Å². The number of carbonyl (C=O) groups excluding carboxylic acids is 6. The molecule has 5 rings (SSSR count). The first-order valence-corrected chi connectivity index (χ1v) is 25.2. The molecule has 0 radical (unpaired) electrons. The Kier molecular flexibility index (Phi) is 19.6. The van der Waals surface area contributed by atoms with Gasteiger partial charge < -0.3 is 46.1 Å². The average Bonchev–Trinajstić information content (AvgIpc) is 3.76. The van der Waals surface area contributed by atoms with Crippen LogP contribution in [-0.4, -0.2) is 130 Å². The van der Waals surface area contributed by atoms with Crippen LogP contribution in [0.4, 0.5) is 9.59 Å². The molecule has 1 aliphatic carbocycles. The van der Waals surface area contributed by atoms with Crippen LogP contribution in [0.25, 0.3) is 0 Å². The first kappa shape index (κ1) is 55.2. The fraction of sp³-hybridized carbons (Fsp3) is 0.642. The van der Waals surface area contributed by atoms with Crippen LogP contribution in [0.15, 0.2) is 60.7 Å². The highest BCUT2D eigenvalue weighted by Gasteiger charge is 2.51. The molecule has 6 N–H and O–H groups in total. The highest BCUT2D eigenvalue weighted by Crippen LogP contribution is 2.52. The second-order valence-electron chi connectivity index (χ2n) is 21.9. The fourth-order valence-corrected chi connectivity index (χ4v) is 9.82. The van der Waals surface area contributed by atoms with Gasteiger partial charge in [-0.2, -0.15) is 0 Å². The van der Waals surface area contributed by atoms with Crippen molar-refractivity contribution in [1.82, 2.24) is 36.4 Å². The number of nitrogens with one attached hydrogen (secondary N) is 5. The number of likely N-dealkylation sites (tertiary alicyclic amines) is 2. The molecule has 2 aromatic rings. The predicted octanol–water partition coefficient (Wildman–Crippen LogP) is 5.88. The Hall–Kier alpha value is -5.71. The maximum atomic E-state index is 14.5. The van der Waals surface area contributed by atoms with E-state index in [-0.39, 0.29) is 49.0 Å². The summed E-state index contributed by atoms with van der Waals surface area (Å²) in [6.07, 6.45) is 5.27. The molecular weight excluding hydrogens is 895 g/mol. The number of unbranched alkanes of at least 4 members (excludes halogenated alkanes) is 1. The summed E-state index contributed by atoms with van der Waals surface area (Å²) in [6.45, 7) is 16.4. The number of hydrogen-bond donors (Lipinski definition) is 6. The second-order valence-corrected chi connectivity index (χ2v) is 21.9. The van der Waals surface area contributed by atoms with E-state index in [0.29, 0.717) is 38.9 Å². The molecule has 0 aromatic heterocycles. The van der Waals surface area contributed by atoms with E-state index >= 15 is 0 Å². The van der Waals surface area contributed by atoms with E-state index in [1.54, 1.807) is 46.4 Å². The third kappa shape index (κ3) is 17.3. The Labute approximate surface area is 414 Å². The van der Waals surface area contributed by atoms with Gasteiger partial charge in [-0.05, 0) is 135 Å². The minimum atomic E-state index is -1.17. The number of piperidine rings is 1. The highest BCUT2D eigenvalue weighted by atomic mass is 16.6. The lowest BCUT2D eigenvalue weighted by Gasteiger charge is -2.55. The summed E-state index contributed by atoms with van der Waals surface area (Å²) in [4.78, 5) is 98.9. The third-order valence-corrected chi connectivity index (χ3v) is 13.3. The van der Waals surface area contributed by atoms with Crippen molar-refractivity contribution in [1.29, 1.82) is 0 Å². The predicted molar refractivity (Wildman–Crippen MR) is 265 cm³/mol. The number of hydrogen-bond acceptors (Lipinski definition) is 10. The monoisotopic (exact) mass is 974 g/mol. The highest BCUT2D eigenvalue weighted by molar-refractivity contribution is 5.95. The van der Waals surface area contributed by atoms with Gasteiger partial charge in [-0.1, -0.05) is 74.5 Å². The fourth-order valence-electron chi connectivity index (χ4n) is 9.82. The molecule has 3 aliphatic rings. The number of carboxylic acids is 1. The molecule has 0 bridgehead atoms. The lowest BCUT2D eigenvalue weighted by atomic mass is 9.60. The molecule has 2 aliphatic heterocycles. The SMILES string of the molecule is CC(C)CC(NC(=O)[C@@H](Cc1ccccc1)NC(=O)[C@@H](Cc1ccccc1)NC(=O)OC(C)(C)C)C(=O)N[C@H](CCCCNC(=O)OC(C)(C)C)C(=O)N1CCC2(CC1)CC(N1CCC[C@@H]1C(=O)O)C2. The Balaban J connectivity index is 1.30. The summed E-state index contributed by atoms with van der Waals surface area (Å²) in [5.74, 6) is -2.83. The summed E-state index contributed by atoms with van der Waals surface area (Å²) >= 11 is 0. The molecule has 70 heavy (non-hydrogen) atoms. The Bertz CT molecular complexity index is 2070. The minimum Gasteiger partial charge on any atom is -0.480 e. The lowest BCUT2D eigenvalue weighted by molar-refractivity contribution is -0.147. The summed E-state index contributed by atoms with van der Waals surface area (Å²) < 4.78 is 10.9. The van der Waals surface area contributed by atoms with Crippen LogP contribution in [0.3, 0.4) is 0 Å². The van der Waals surface area contributed by atoms with Crippen LogP contribution in [0, 0.1) is 11.3 Å². The minimum absolute atomic E-state index is 0.0465. The number of amides is 6.